The van der Waals surface area contributed by atoms with E-state index in [-0.39, 0.29) is 23.1 Å². The minimum atomic E-state index is -0.147. The summed E-state index contributed by atoms with van der Waals surface area (Å²) in [7, 11) is 0. The van der Waals surface area contributed by atoms with Gasteiger partial charge in [-0.15, -0.1) is 0 Å². The zero-order valence-electron chi connectivity index (χ0n) is 12.3. The largest absolute Gasteiger partial charge is 0.376 e. The highest BCUT2D eigenvalue weighted by Gasteiger charge is 2.44. The van der Waals surface area contributed by atoms with Crippen LogP contribution in [0.3, 0.4) is 0 Å². The van der Waals surface area contributed by atoms with Gasteiger partial charge in [0, 0.05) is 40.5 Å². The van der Waals surface area contributed by atoms with Crippen LogP contribution in [-0.4, -0.2) is 39.4 Å². The smallest absolute Gasteiger partial charge is 0.243 e. The van der Waals surface area contributed by atoms with Gasteiger partial charge in [-0.25, -0.2) is 3.11 Å². The van der Waals surface area contributed by atoms with Gasteiger partial charge in [0.2, 0.25) is 5.91 Å². The molecule has 1 heterocycles. The first-order chi connectivity index (χ1) is 8.69. The molecule has 1 N–H and O–H groups in total. The summed E-state index contributed by atoms with van der Waals surface area (Å²) < 4.78 is 8.32. The zero-order chi connectivity index (χ0) is 14.7. The molecule has 0 saturated carbocycles. The van der Waals surface area contributed by atoms with Crippen LogP contribution in [0.4, 0.5) is 0 Å². The molecule has 110 valence electrons. The number of nitrogens with zero attached hydrogens (tertiary/aromatic N) is 1. The fourth-order valence-corrected chi connectivity index (χ4v) is 3.15. The molecule has 19 heavy (non-hydrogen) atoms. The van der Waals surface area contributed by atoms with Crippen LogP contribution in [0.5, 0.6) is 0 Å². The zero-order valence-corrected chi connectivity index (χ0v) is 14.5. The predicted octanol–water partition coefficient (Wildman–Crippen LogP) is 2.68. The van der Waals surface area contributed by atoms with E-state index < -0.39 is 0 Å². The van der Waals surface area contributed by atoms with Crippen molar-refractivity contribution in [1.82, 2.24) is 8.43 Å². The van der Waals surface area contributed by atoms with Gasteiger partial charge in [0.25, 0.3) is 0 Å². The summed E-state index contributed by atoms with van der Waals surface area (Å²) in [6.45, 7) is 13.5. The van der Waals surface area contributed by atoms with Gasteiger partial charge >= 0.3 is 0 Å². The average molecular weight is 380 g/mol. The molecule has 0 spiro atoms. The van der Waals surface area contributed by atoms with Crippen molar-refractivity contribution in [2.75, 3.05) is 13.2 Å². The molecular formula is C14H25IN2O2. The van der Waals surface area contributed by atoms with Crippen LogP contribution < -0.4 is 5.32 Å². The van der Waals surface area contributed by atoms with Crippen molar-refractivity contribution >= 4 is 28.8 Å². The normalized spacial score (nSPS) is 23.0. The third kappa shape index (κ3) is 4.72. The topological polar surface area (TPSA) is 41.6 Å². The van der Waals surface area contributed by atoms with Gasteiger partial charge in [0.05, 0.1) is 12.7 Å². The van der Waals surface area contributed by atoms with Gasteiger partial charge in [0.1, 0.15) is 0 Å². The standard InChI is InChI=1S/C14H25IN2O2/c1-6-12(18)16-7-8-19-11-9-13(2,3)17(15)14(4,5)10-11/h6,11H,1,7-10H2,2-5H3,(H,16,18). The van der Waals surface area contributed by atoms with Crippen molar-refractivity contribution in [1.29, 1.82) is 0 Å². The number of hydrogen-bond donors (Lipinski definition) is 1. The number of halogens is 1. The molecule has 1 saturated heterocycles. The number of carbonyl (C=O) groups is 1. The lowest BCUT2D eigenvalue weighted by Crippen LogP contribution is -2.57. The summed E-state index contributed by atoms with van der Waals surface area (Å²) in [5.74, 6) is -0.147. The number of carbonyl (C=O) groups excluding carboxylic acids is 1. The third-order valence-electron chi connectivity index (χ3n) is 3.46. The summed E-state index contributed by atoms with van der Waals surface area (Å²) in [4.78, 5) is 11.0. The van der Waals surface area contributed by atoms with Crippen LogP contribution in [0.1, 0.15) is 40.5 Å². The maximum absolute atomic E-state index is 11.0. The molecule has 0 radical (unpaired) electrons. The summed E-state index contributed by atoms with van der Waals surface area (Å²) in [5.41, 5.74) is 0.245. The second-order valence-electron chi connectivity index (χ2n) is 6.30. The molecule has 0 bridgehead atoms. The van der Waals surface area contributed by atoms with Crippen LogP contribution in [-0.2, 0) is 9.53 Å². The van der Waals surface area contributed by atoms with Crippen molar-refractivity contribution in [2.45, 2.75) is 57.7 Å². The lowest BCUT2D eigenvalue weighted by Gasteiger charge is -2.51. The van der Waals surface area contributed by atoms with E-state index >= 15 is 0 Å². The Morgan fingerprint density at radius 3 is 2.42 bits per heavy atom. The fourth-order valence-electron chi connectivity index (χ4n) is 2.76. The highest BCUT2D eigenvalue weighted by molar-refractivity contribution is 14.1. The Balaban J connectivity index is 2.43. The molecule has 0 aromatic heterocycles. The second kappa shape index (κ2) is 6.54. The van der Waals surface area contributed by atoms with E-state index in [0.717, 1.165) is 12.8 Å². The van der Waals surface area contributed by atoms with Gasteiger partial charge in [0.15, 0.2) is 0 Å². The maximum atomic E-state index is 11.0. The molecule has 0 atom stereocenters. The second-order valence-corrected chi connectivity index (χ2v) is 7.27. The average Bonchev–Trinajstić information content (AvgIpc) is 2.30. The van der Waals surface area contributed by atoms with Crippen molar-refractivity contribution in [3.05, 3.63) is 12.7 Å². The maximum Gasteiger partial charge on any atom is 0.243 e. The summed E-state index contributed by atoms with van der Waals surface area (Å²) in [5, 5.41) is 2.73. The van der Waals surface area contributed by atoms with Gasteiger partial charge < -0.3 is 10.1 Å². The Bertz CT molecular complexity index is 324. The molecule has 0 aromatic rings. The van der Waals surface area contributed by atoms with E-state index in [1.807, 2.05) is 0 Å². The number of nitrogens with one attached hydrogen (secondary N) is 1. The molecule has 0 unspecified atom stereocenters. The molecule has 4 nitrogen and oxygen atoms in total. The molecule has 1 amide bonds. The number of rotatable bonds is 5. The van der Waals surface area contributed by atoms with Gasteiger partial charge in [-0.3, -0.25) is 4.79 Å². The molecular weight excluding hydrogens is 355 g/mol. The molecule has 1 fully saturated rings. The monoisotopic (exact) mass is 380 g/mol. The third-order valence-corrected chi connectivity index (χ3v) is 6.07. The lowest BCUT2D eigenvalue weighted by atomic mass is 9.81. The van der Waals surface area contributed by atoms with Gasteiger partial charge in [-0.1, -0.05) is 6.58 Å². The van der Waals surface area contributed by atoms with Crippen LogP contribution in [0, 0.1) is 0 Å². The number of hydrogen-bond acceptors (Lipinski definition) is 3. The molecule has 5 heteroatoms. The van der Waals surface area contributed by atoms with E-state index in [0.29, 0.717) is 13.2 Å². The van der Waals surface area contributed by atoms with Crippen LogP contribution in [0.2, 0.25) is 0 Å². The molecule has 0 aromatic carbocycles. The highest BCUT2D eigenvalue weighted by Crippen LogP contribution is 2.41. The van der Waals surface area contributed by atoms with Crippen molar-refractivity contribution < 1.29 is 9.53 Å². The summed E-state index contributed by atoms with van der Waals surface area (Å²) >= 11 is 2.42. The lowest BCUT2D eigenvalue weighted by molar-refractivity contribution is -0.117. The number of amides is 1. The van der Waals surface area contributed by atoms with E-state index in [2.05, 4.69) is 65.6 Å². The first-order valence-corrected chi connectivity index (χ1v) is 7.63. The Hall–Kier alpha value is -0.140. The van der Waals surface area contributed by atoms with Gasteiger partial charge in [-0.05, 0) is 46.6 Å². The molecule has 1 aliphatic rings. The summed E-state index contributed by atoms with van der Waals surface area (Å²) in [6.07, 6.45) is 3.54. The SMILES string of the molecule is C=CC(=O)NCCOC1CC(C)(C)N(I)C(C)(C)C1. The van der Waals surface area contributed by atoms with Gasteiger partial charge in [-0.2, -0.15) is 0 Å². The van der Waals surface area contributed by atoms with E-state index in [1.165, 1.54) is 6.08 Å². The Kier molecular flexibility index (Phi) is 5.82. The Labute approximate surface area is 130 Å². The van der Waals surface area contributed by atoms with Crippen LogP contribution in [0.25, 0.3) is 0 Å². The highest BCUT2D eigenvalue weighted by atomic mass is 127. The quantitative estimate of drug-likeness (QED) is 0.345. The minimum absolute atomic E-state index is 0.122. The van der Waals surface area contributed by atoms with E-state index in [9.17, 15) is 4.79 Å². The van der Waals surface area contributed by atoms with Crippen molar-refractivity contribution in [3.63, 3.8) is 0 Å². The van der Waals surface area contributed by atoms with Crippen LogP contribution in [0.15, 0.2) is 12.7 Å². The van der Waals surface area contributed by atoms with Crippen LogP contribution >= 0.6 is 22.9 Å². The van der Waals surface area contributed by atoms with E-state index in [1.54, 1.807) is 0 Å². The first kappa shape index (κ1) is 16.9. The molecule has 1 aliphatic heterocycles. The number of ether oxygens (including phenoxy) is 1. The van der Waals surface area contributed by atoms with Crippen molar-refractivity contribution in [3.8, 4) is 0 Å². The van der Waals surface area contributed by atoms with Crippen molar-refractivity contribution in [2.24, 2.45) is 0 Å². The number of piperidine rings is 1. The fraction of sp³-hybridized carbons (Fsp3) is 0.786. The molecule has 0 aliphatic carbocycles. The minimum Gasteiger partial charge on any atom is -0.376 e. The Morgan fingerprint density at radius 2 is 1.95 bits per heavy atom. The summed E-state index contributed by atoms with van der Waals surface area (Å²) in [6, 6.07) is 0. The van der Waals surface area contributed by atoms with E-state index in [4.69, 9.17) is 4.74 Å². The first-order valence-electron chi connectivity index (χ1n) is 6.67. The Morgan fingerprint density at radius 1 is 1.42 bits per heavy atom. The molecule has 1 rings (SSSR count). The predicted molar refractivity (Wildman–Crippen MR) is 86.2 cm³/mol.